The molecule has 0 radical (unpaired) electrons. The van der Waals surface area contributed by atoms with Crippen LogP contribution in [-0.4, -0.2) is 20.7 Å². The van der Waals surface area contributed by atoms with E-state index in [0.717, 1.165) is 11.5 Å². The number of hydrogen-bond donors (Lipinski definition) is 1. The Hall–Kier alpha value is -1.04. The first-order valence-corrected chi connectivity index (χ1v) is 3.55. The molecule has 0 fully saturated rings. The van der Waals surface area contributed by atoms with Crippen LogP contribution >= 0.6 is 11.5 Å². The Kier molecular flexibility index (Phi) is 2.27. The zero-order valence-corrected chi connectivity index (χ0v) is 6.18. The van der Waals surface area contributed by atoms with Crippen LogP contribution < -0.4 is 5.32 Å². The van der Waals surface area contributed by atoms with E-state index >= 15 is 0 Å². The molecule has 0 spiro atoms. The van der Waals surface area contributed by atoms with Crippen LogP contribution in [0, 0.1) is 0 Å². The molecule has 0 aliphatic heterocycles. The van der Waals surface area contributed by atoms with Gasteiger partial charge >= 0.3 is 0 Å². The van der Waals surface area contributed by atoms with E-state index in [9.17, 15) is 4.79 Å². The van der Waals surface area contributed by atoms with E-state index in [-0.39, 0.29) is 5.91 Å². The molecule has 1 aromatic rings. The number of carbonyl (C=O) groups is 1. The zero-order valence-electron chi connectivity index (χ0n) is 5.37. The van der Waals surface area contributed by atoms with Gasteiger partial charge in [-0.05, 0) is 5.21 Å². The molecule has 0 saturated heterocycles. The summed E-state index contributed by atoms with van der Waals surface area (Å²) in [6.07, 6.45) is 0.444. The van der Waals surface area contributed by atoms with Crippen LogP contribution in [-0.2, 0) is 4.79 Å². The molecule has 1 N–H and O–H groups in total. The van der Waals surface area contributed by atoms with E-state index in [1.807, 2.05) is 0 Å². The number of anilines is 1. The first-order valence-electron chi connectivity index (χ1n) is 2.78. The summed E-state index contributed by atoms with van der Waals surface area (Å²) in [5.41, 5.74) is 0. The maximum absolute atomic E-state index is 10.7. The summed E-state index contributed by atoms with van der Waals surface area (Å²) in [7, 11) is 0. The molecule has 5 nitrogen and oxygen atoms in total. The Morgan fingerprint density at radius 2 is 2.60 bits per heavy atom. The summed E-state index contributed by atoms with van der Waals surface area (Å²) in [4.78, 5) is 10.7. The Balaban J connectivity index is 2.48. The standard InChI is InChI=1S/C4H6N4OS/c1-2-3(9)5-4-6-7-8-10-4/h2H2,1H3,(H,5,6,8,9). The molecule has 0 atom stereocenters. The van der Waals surface area contributed by atoms with Crippen molar-refractivity contribution in [3.05, 3.63) is 0 Å². The van der Waals surface area contributed by atoms with Crippen LogP contribution in [0.1, 0.15) is 13.3 Å². The van der Waals surface area contributed by atoms with E-state index in [2.05, 4.69) is 20.1 Å². The molecule has 0 aliphatic carbocycles. The molecular weight excluding hydrogens is 152 g/mol. The highest BCUT2D eigenvalue weighted by molar-refractivity contribution is 7.09. The first kappa shape index (κ1) is 7.07. The number of amides is 1. The minimum Gasteiger partial charge on any atom is -0.299 e. The lowest BCUT2D eigenvalue weighted by Gasteiger charge is -1.92. The van der Waals surface area contributed by atoms with Gasteiger partial charge in [-0.25, -0.2) is 0 Å². The van der Waals surface area contributed by atoms with Crippen molar-refractivity contribution in [3.8, 4) is 0 Å². The molecular formula is C4H6N4OS. The zero-order chi connectivity index (χ0) is 7.40. The molecule has 10 heavy (non-hydrogen) atoms. The molecule has 6 heteroatoms. The minimum absolute atomic E-state index is 0.0708. The number of nitrogens with zero attached hydrogens (tertiary/aromatic N) is 3. The second-order valence-corrected chi connectivity index (χ2v) is 2.30. The highest BCUT2D eigenvalue weighted by Gasteiger charge is 2.00. The number of carbonyl (C=O) groups excluding carboxylic acids is 1. The summed E-state index contributed by atoms with van der Waals surface area (Å²) < 4.78 is 3.48. The lowest BCUT2D eigenvalue weighted by molar-refractivity contribution is -0.115. The van der Waals surface area contributed by atoms with Crippen LogP contribution in [0.15, 0.2) is 0 Å². The second kappa shape index (κ2) is 3.21. The van der Waals surface area contributed by atoms with Gasteiger partial charge < -0.3 is 0 Å². The van der Waals surface area contributed by atoms with Gasteiger partial charge in [0.1, 0.15) is 0 Å². The third kappa shape index (κ3) is 1.73. The van der Waals surface area contributed by atoms with Gasteiger partial charge in [-0.2, -0.15) is 0 Å². The van der Waals surface area contributed by atoms with Crippen molar-refractivity contribution in [3.63, 3.8) is 0 Å². The van der Waals surface area contributed by atoms with Crippen molar-refractivity contribution >= 4 is 22.6 Å². The molecule has 54 valence electrons. The van der Waals surface area contributed by atoms with Gasteiger partial charge in [-0.3, -0.25) is 10.1 Å². The molecule has 1 aromatic heterocycles. The largest absolute Gasteiger partial charge is 0.299 e. The number of rotatable bonds is 2. The molecule has 0 aliphatic rings. The Labute approximate surface area is 61.6 Å². The van der Waals surface area contributed by atoms with E-state index < -0.39 is 0 Å². The summed E-state index contributed by atoms with van der Waals surface area (Å²) in [5.74, 6) is -0.0708. The van der Waals surface area contributed by atoms with Gasteiger partial charge in [-0.15, -0.1) is 0 Å². The summed E-state index contributed by atoms with van der Waals surface area (Å²) in [6.45, 7) is 1.77. The average molecular weight is 158 g/mol. The minimum atomic E-state index is -0.0708. The monoisotopic (exact) mass is 158 g/mol. The summed E-state index contributed by atoms with van der Waals surface area (Å²) >= 11 is 1.06. The molecule has 1 heterocycles. The third-order valence-corrected chi connectivity index (χ3v) is 1.38. The highest BCUT2D eigenvalue weighted by Crippen LogP contribution is 2.04. The molecule has 1 amide bonds. The Morgan fingerprint density at radius 3 is 3.10 bits per heavy atom. The fourth-order valence-electron chi connectivity index (χ4n) is 0.390. The van der Waals surface area contributed by atoms with Crippen molar-refractivity contribution in [1.29, 1.82) is 0 Å². The summed E-state index contributed by atoms with van der Waals surface area (Å²) in [6, 6.07) is 0. The van der Waals surface area contributed by atoms with Crippen molar-refractivity contribution in [2.24, 2.45) is 0 Å². The van der Waals surface area contributed by atoms with Gasteiger partial charge in [0.2, 0.25) is 11.0 Å². The lowest BCUT2D eigenvalue weighted by atomic mass is 10.5. The number of hydrogen-bond acceptors (Lipinski definition) is 5. The van der Waals surface area contributed by atoms with Gasteiger partial charge in [0, 0.05) is 18.0 Å². The van der Waals surface area contributed by atoms with Crippen LogP contribution in [0.2, 0.25) is 0 Å². The fourth-order valence-corrected chi connectivity index (χ4v) is 0.772. The fraction of sp³-hybridized carbons (Fsp3) is 0.500. The van der Waals surface area contributed by atoms with Crippen molar-refractivity contribution in [2.75, 3.05) is 5.32 Å². The Bertz CT molecular complexity index is 209. The van der Waals surface area contributed by atoms with E-state index in [1.165, 1.54) is 0 Å². The van der Waals surface area contributed by atoms with Crippen LogP contribution in [0.3, 0.4) is 0 Å². The molecule has 0 saturated carbocycles. The quantitative estimate of drug-likeness (QED) is 0.671. The SMILES string of the molecule is CCC(=O)Nc1nnns1. The smallest absolute Gasteiger partial charge is 0.231 e. The summed E-state index contributed by atoms with van der Waals surface area (Å²) in [5, 5.41) is 9.81. The van der Waals surface area contributed by atoms with Crippen LogP contribution in [0.25, 0.3) is 0 Å². The molecule has 0 bridgehead atoms. The topological polar surface area (TPSA) is 67.8 Å². The molecule has 0 aromatic carbocycles. The van der Waals surface area contributed by atoms with Gasteiger partial charge in [0.25, 0.3) is 0 Å². The maximum atomic E-state index is 10.7. The van der Waals surface area contributed by atoms with Crippen molar-refractivity contribution < 1.29 is 4.79 Å². The molecule has 1 rings (SSSR count). The van der Waals surface area contributed by atoms with Crippen LogP contribution in [0.4, 0.5) is 5.13 Å². The predicted molar refractivity (Wildman–Crippen MR) is 36.6 cm³/mol. The van der Waals surface area contributed by atoms with Crippen molar-refractivity contribution in [2.45, 2.75) is 13.3 Å². The first-order chi connectivity index (χ1) is 4.83. The highest BCUT2D eigenvalue weighted by atomic mass is 32.1. The van der Waals surface area contributed by atoms with Crippen LogP contribution in [0.5, 0.6) is 0 Å². The molecule has 0 unspecified atom stereocenters. The van der Waals surface area contributed by atoms with E-state index in [1.54, 1.807) is 6.92 Å². The van der Waals surface area contributed by atoms with Crippen molar-refractivity contribution in [1.82, 2.24) is 14.8 Å². The van der Waals surface area contributed by atoms with Gasteiger partial charge in [0.05, 0.1) is 0 Å². The van der Waals surface area contributed by atoms with Gasteiger partial charge in [0.15, 0.2) is 0 Å². The van der Waals surface area contributed by atoms with E-state index in [0.29, 0.717) is 11.6 Å². The number of aromatic nitrogens is 3. The normalized spacial score (nSPS) is 9.30. The predicted octanol–water partition coefficient (Wildman–Crippen LogP) is 0.282. The number of nitrogens with one attached hydrogen (secondary N) is 1. The second-order valence-electron chi connectivity index (χ2n) is 1.57. The third-order valence-electron chi connectivity index (χ3n) is 0.867. The van der Waals surface area contributed by atoms with Gasteiger partial charge in [-0.1, -0.05) is 16.5 Å². The Morgan fingerprint density at radius 1 is 1.80 bits per heavy atom. The average Bonchev–Trinajstić information content (AvgIpc) is 2.40. The lowest BCUT2D eigenvalue weighted by Crippen LogP contribution is -2.08. The maximum Gasteiger partial charge on any atom is 0.231 e. The van der Waals surface area contributed by atoms with E-state index in [4.69, 9.17) is 0 Å².